The summed E-state index contributed by atoms with van der Waals surface area (Å²) in [5.74, 6) is -0.851. The van der Waals surface area contributed by atoms with Crippen molar-refractivity contribution in [2.24, 2.45) is 0 Å². The predicted molar refractivity (Wildman–Crippen MR) is 92.2 cm³/mol. The molecule has 7 heteroatoms. The summed E-state index contributed by atoms with van der Waals surface area (Å²) < 4.78 is 5.27. The monoisotopic (exact) mass is 345 g/mol. The van der Waals surface area contributed by atoms with Gasteiger partial charge in [-0.3, -0.25) is 10.1 Å². The highest BCUT2D eigenvalue weighted by Gasteiger charge is 2.44. The Kier molecular flexibility index (Phi) is 4.93. The molecular formula is C18H23N3O4. The van der Waals surface area contributed by atoms with Crippen molar-refractivity contribution >= 4 is 17.7 Å². The van der Waals surface area contributed by atoms with E-state index < -0.39 is 23.3 Å². The van der Waals surface area contributed by atoms with E-state index in [0.29, 0.717) is 12.8 Å². The van der Waals surface area contributed by atoms with E-state index in [4.69, 9.17) is 9.84 Å². The topological polar surface area (TPSA) is 103 Å². The first-order valence-corrected chi connectivity index (χ1v) is 8.06. The van der Waals surface area contributed by atoms with Crippen molar-refractivity contribution in [1.29, 1.82) is 5.26 Å². The van der Waals surface area contributed by atoms with Crippen molar-refractivity contribution in [1.82, 2.24) is 5.32 Å². The van der Waals surface area contributed by atoms with E-state index in [1.165, 1.54) is 0 Å². The molecule has 25 heavy (non-hydrogen) atoms. The number of benzene rings is 1. The molecule has 1 heterocycles. The Hall–Kier alpha value is -2.75. The van der Waals surface area contributed by atoms with Gasteiger partial charge in [-0.05, 0) is 44.4 Å². The number of aliphatic carboxylic acids is 1. The first-order chi connectivity index (χ1) is 11.6. The standard InChI is InChI=1S/C18H23N3O4/c1-17(2,3)25-16(24)20-18(11-19)10-13-9-12(6-8-15(22)23)5-7-14(13)21(18)4/h5,7,9H,6,8,10H2,1-4H3,(H,20,24)(H,22,23)/t18-/m0/s1. The van der Waals surface area contributed by atoms with Gasteiger partial charge in [-0.2, -0.15) is 5.26 Å². The minimum absolute atomic E-state index is 0.0498. The first kappa shape index (κ1) is 18.6. The Bertz CT molecular complexity index is 733. The van der Waals surface area contributed by atoms with Crippen LogP contribution in [0.1, 0.15) is 38.3 Å². The highest BCUT2D eigenvalue weighted by molar-refractivity contribution is 5.74. The fourth-order valence-electron chi connectivity index (χ4n) is 2.86. The lowest BCUT2D eigenvalue weighted by Crippen LogP contribution is -2.58. The van der Waals surface area contributed by atoms with Crippen LogP contribution in [0.3, 0.4) is 0 Å². The molecule has 1 aromatic carbocycles. The molecule has 0 radical (unpaired) electrons. The van der Waals surface area contributed by atoms with E-state index in [1.807, 2.05) is 18.2 Å². The third-order valence-electron chi connectivity index (χ3n) is 4.04. The summed E-state index contributed by atoms with van der Waals surface area (Å²) >= 11 is 0. The van der Waals surface area contributed by atoms with E-state index in [1.54, 1.807) is 32.7 Å². The van der Waals surface area contributed by atoms with Crippen molar-refractivity contribution in [3.05, 3.63) is 29.3 Å². The number of hydrogen-bond donors (Lipinski definition) is 2. The normalized spacial score (nSPS) is 19.1. The van der Waals surface area contributed by atoms with Crippen molar-refractivity contribution < 1.29 is 19.4 Å². The minimum atomic E-state index is -1.23. The molecule has 0 saturated heterocycles. The molecule has 2 N–H and O–H groups in total. The molecule has 1 amide bonds. The number of anilines is 1. The number of alkyl carbamates (subject to hydrolysis) is 1. The van der Waals surface area contributed by atoms with Crippen LogP contribution in [0.2, 0.25) is 0 Å². The minimum Gasteiger partial charge on any atom is -0.481 e. The molecule has 1 aliphatic heterocycles. The molecule has 0 saturated carbocycles. The Balaban J connectivity index is 2.21. The molecule has 0 fully saturated rings. The molecular weight excluding hydrogens is 322 g/mol. The number of nitrogens with one attached hydrogen (secondary N) is 1. The lowest BCUT2D eigenvalue weighted by Gasteiger charge is -2.32. The fraction of sp³-hybridized carbons (Fsp3) is 0.500. The Morgan fingerprint density at radius 2 is 2.12 bits per heavy atom. The molecule has 0 unspecified atom stereocenters. The van der Waals surface area contributed by atoms with E-state index in [-0.39, 0.29) is 6.42 Å². The molecule has 2 rings (SSSR count). The average molecular weight is 345 g/mol. The lowest BCUT2D eigenvalue weighted by molar-refractivity contribution is -0.136. The van der Waals surface area contributed by atoms with E-state index >= 15 is 0 Å². The largest absolute Gasteiger partial charge is 0.481 e. The van der Waals surface area contributed by atoms with Crippen molar-refractivity contribution in [3.8, 4) is 6.07 Å². The number of amides is 1. The van der Waals surface area contributed by atoms with Crippen LogP contribution in [0.15, 0.2) is 18.2 Å². The Labute approximate surface area is 147 Å². The average Bonchev–Trinajstić information content (AvgIpc) is 2.75. The quantitative estimate of drug-likeness (QED) is 0.869. The maximum absolute atomic E-state index is 12.1. The summed E-state index contributed by atoms with van der Waals surface area (Å²) in [5, 5.41) is 21.2. The van der Waals surface area contributed by atoms with Gasteiger partial charge < -0.3 is 14.7 Å². The smallest absolute Gasteiger partial charge is 0.410 e. The van der Waals surface area contributed by atoms with Gasteiger partial charge in [0.15, 0.2) is 0 Å². The number of aryl methyl sites for hydroxylation is 1. The van der Waals surface area contributed by atoms with Crippen molar-refractivity contribution in [2.45, 2.75) is 51.3 Å². The van der Waals surface area contributed by atoms with Crippen molar-refractivity contribution in [2.75, 3.05) is 11.9 Å². The van der Waals surface area contributed by atoms with Gasteiger partial charge in [0.1, 0.15) is 11.7 Å². The van der Waals surface area contributed by atoms with Gasteiger partial charge in [-0.15, -0.1) is 0 Å². The summed E-state index contributed by atoms with van der Waals surface area (Å²) in [6.07, 6.45) is 0.120. The summed E-state index contributed by atoms with van der Waals surface area (Å²) in [6.45, 7) is 5.27. The van der Waals surface area contributed by atoms with Crippen LogP contribution in [0.4, 0.5) is 10.5 Å². The molecule has 7 nitrogen and oxygen atoms in total. The predicted octanol–water partition coefficient (Wildman–Crippen LogP) is 2.44. The van der Waals surface area contributed by atoms with Gasteiger partial charge in [-0.25, -0.2) is 4.79 Å². The molecule has 0 aromatic heterocycles. The summed E-state index contributed by atoms with van der Waals surface area (Å²) in [5.41, 5.74) is 0.727. The molecule has 134 valence electrons. The maximum Gasteiger partial charge on any atom is 0.410 e. The van der Waals surface area contributed by atoms with Gasteiger partial charge >= 0.3 is 12.1 Å². The first-order valence-electron chi connectivity index (χ1n) is 8.06. The SMILES string of the molecule is CN1c2ccc(CCC(=O)O)cc2C[C@]1(C#N)NC(=O)OC(C)(C)C. The number of fused-ring (bicyclic) bond motifs is 1. The molecule has 0 aliphatic carbocycles. The Morgan fingerprint density at radius 3 is 2.68 bits per heavy atom. The lowest BCUT2D eigenvalue weighted by atomic mass is 10.0. The van der Waals surface area contributed by atoms with Gasteiger partial charge in [0, 0.05) is 25.6 Å². The number of nitrogens with zero attached hydrogens (tertiary/aromatic N) is 2. The molecule has 0 bridgehead atoms. The van der Waals surface area contributed by atoms with Crippen LogP contribution in [-0.4, -0.2) is 35.5 Å². The highest BCUT2D eigenvalue weighted by Crippen LogP contribution is 2.37. The van der Waals surface area contributed by atoms with E-state index in [2.05, 4.69) is 11.4 Å². The zero-order valence-corrected chi connectivity index (χ0v) is 14.9. The molecule has 1 aromatic rings. The number of rotatable bonds is 4. The highest BCUT2D eigenvalue weighted by atomic mass is 16.6. The number of carboxylic acids is 1. The van der Waals surface area contributed by atoms with E-state index in [9.17, 15) is 14.9 Å². The number of carbonyl (C=O) groups is 2. The van der Waals surface area contributed by atoms with Gasteiger partial charge in [0.05, 0.1) is 0 Å². The van der Waals surface area contributed by atoms with Crippen LogP contribution in [0, 0.1) is 11.3 Å². The second-order valence-electron chi connectivity index (χ2n) is 7.19. The number of likely N-dealkylation sites (N-methyl/N-ethyl adjacent to an activating group) is 1. The van der Waals surface area contributed by atoms with Gasteiger partial charge in [0.25, 0.3) is 0 Å². The van der Waals surface area contributed by atoms with Crippen LogP contribution in [0.25, 0.3) is 0 Å². The number of carbonyl (C=O) groups excluding carboxylic acids is 1. The second-order valence-corrected chi connectivity index (χ2v) is 7.19. The number of carboxylic acid groups (broad SMARTS) is 1. The molecule has 1 aliphatic rings. The van der Waals surface area contributed by atoms with Crippen LogP contribution < -0.4 is 10.2 Å². The zero-order chi connectivity index (χ0) is 18.8. The number of hydrogen-bond acceptors (Lipinski definition) is 5. The van der Waals surface area contributed by atoms with Gasteiger partial charge in [-0.1, -0.05) is 12.1 Å². The summed E-state index contributed by atoms with van der Waals surface area (Å²) in [4.78, 5) is 24.6. The number of ether oxygens (including phenoxy) is 1. The zero-order valence-electron chi connectivity index (χ0n) is 14.9. The third-order valence-corrected chi connectivity index (χ3v) is 4.04. The maximum atomic E-state index is 12.1. The van der Waals surface area contributed by atoms with Crippen molar-refractivity contribution in [3.63, 3.8) is 0 Å². The van der Waals surface area contributed by atoms with Gasteiger partial charge in [0.2, 0.25) is 5.66 Å². The molecule has 0 spiro atoms. The van der Waals surface area contributed by atoms with E-state index in [0.717, 1.165) is 16.8 Å². The van der Waals surface area contributed by atoms with Crippen LogP contribution in [-0.2, 0) is 22.4 Å². The Morgan fingerprint density at radius 1 is 1.44 bits per heavy atom. The third kappa shape index (κ3) is 4.21. The molecule has 1 atom stereocenters. The second kappa shape index (κ2) is 6.63. The summed E-state index contributed by atoms with van der Waals surface area (Å²) in [6, 6.07) is 7.77. The fourth-order valence-corrected chi connectivity index (χ4v) is 2.86. The number of nitriles is 1. The van der Waals surface area contributed by atoms with Crippen LogP contribution in [0.5, 0.6) is 0 Å². The summed E-state index contributed by atoms with van der Waals surface area (Å²) in [7, 11) is 1.74. The van der Waals surface area contributed by atoms with Crippen LogP contribution >= 0.6 is 0 Å².